The van der Waals surface area contributed by atoms with Crippen molar-refractivity contribution in [2.24, 2.45) is 5.16 Å². The Morgan fingerprint density at radius 3 is 2.82 bits per heavy atom. The van der Waals surface area contributed by atoms with E-state index in [0.717, 1.165) is 11.4 Å². The first-order valence-electron chi connectivity index (χ1n) is 7.14. The molecule has 0 unspecified atom stereocenters. The molecular formula is C15H17N5O2. The Morgan fingerprint density at radius 2 is 2.14 bits per heavy atom. The predicted molar refractivity (Wildman–Crippen MR) is 81.4 cm³/mol. The Morgan fingerprint density at radius 1 is 1.36 bits per heavy atom. The normalized spacial score (nSPS) is 17.2. The number of hydrogen-bond donors (Lipinski definition) is 2. The van der Waals surface area contributed by atoms with Gasteiger partial charge < -0.3 is 4.84 Å². The number of anilines is 1. The second-order valence-electron chi connectivity index (χ2n) is 5.40. The molecule has 3 rings (SSSR count). The van der Waals surface area contributed by atoms with Gasteiger partial charge in [-0.3, -0.25) is 15.2 Å². The van der Waals surface area contributed by atoms with E-state index in [-0.39, 0.29) is 23.9 Å². The van der Waals surface area contributed by atoms with Crippen molar-refractivity contribution in [1.82, 2.24) is 15.2 Å². The summed E-state index contributed by atoms with van der Waals surface area (Å²) in [5.74, 6) is 0.849. The lowest BCUT2D eigenvalue weighted by Crippen LogP contribution is -2.22. The maximum absolute atomic E-state index is 12.2. The van der Waals surface area contributed by atoms with Crippen LogP contribution in [0.3, 0.4) is 0 Å². The number of amides is 1. The van der Waals surface area contributed by atoms with Gasteiger partial charge in [-0.25, -0.2) is 0 Å². The van der Waals surface area contributed by atoms with Crippen LogP contribution in [-0.4, -0.2) is 26.8 Å². The number of rotatable bonds is 4. The van der Waals surface area contributed by atoms with Gasteiger partial charge in [-0.15, -0.1) is 5.10 Å². The second-order valence-corrected chi connectivity index (χ2v) is 5.40. The van der Waals surface area contributed by atoms with E-state index in [1.807, 2.05) is 44.2 Å². The Balaban J connectivity index is 1.61. The standard InChI is InChI=1S/C15H17N5O2/c1-9(2)13-16-15(19-18-13)17-14(21)11-8-12(22-20-11)10-6-4-3-5-7-10/h3-7,9,12H,8H2,1-2H3,(H2,16,17,18,19,21)/t12-/m1/s1. The number of nitrogens with zero attached hydrogens (tertiary/aromatic N) is 3. The number of aromatic amines is 1. The summed E-state index contributed by atoms with van der Waals surface area (Å²) in [5, 5.41) is 13.2. The molecule has 7 heteroatoms. The highest BCUT2D eigenvalue weighted by Gasteiger charge is 2.27. The average Bonchev–Trinajstić information content (AvgIpc) is 3.17. The van der Waals surface area contributed by atoms with Crippen LogP contribution in [0.25, 0.3) is 0 Å². The molecule has 0 radical (unpaired) electrons. The van der Waals surface area contributed by atoms with Crippen molar-refractivity contribution in [2.75, 3.05) is 5.32 Å². The van der Waals surface area contributed by atoms with Gasteiger partial charge >= 0.3 is 0 Å². The van der Waals surface area contributed by atoms with E-state index < -0.39 is 0 Å². The van der Waals surface area contributed by atoms with Gasteiger partial charge in [0.05, 0.1) is 0 Å². The van der Waals surface area contributed by atoms with Crippen LogP contribution in [-0.2, 0) is 9.63 Å². The van der Waals surface area contributed by atoms with E-state index in [2.05, 4.69) is 25.7 Å². The zero-order valence-corrected chi connectivity index (χ0v) is 12.4. The molecule has 1 amide bonds. The minimum absolute atomic E-state index is 0.216. The molecule has 0 aliphatic carbocycles. The summed E-state index contributed by atoms with van der Waals surface area (Å²) < 4.78 is 0. The predicted octanol–water partition coefficient (Wildman–Crippen LogP) is 2.38. The minimum atomic E-state index is -0.340. The monoisotopic (exact) mass is 299 g/mol. The largest absolute Gasteiger partial charge is 0.387 e. The number of hydrogen-bond acceptors (Lipinski definition) is 5. The lowest BCUT2D eigenvalue weighted by molar-refractivity contribution is -0.110. The van der Waals surface area contributed by atoms with E-state index in [1.54, 1.807) is 0 Å². The zero-order chi connectivity index (χ0) is 15.5. The summed E-state index contributed by atoms with van der Waals surface area (Å²) in [7, 11) is 0. The van der Waals surface area contributed by atoms with Gasteiger partial charge in [0.25, 0.3) is 5.91 Å². The maximum Gasteiger partial charge on any atom is 0.276 e. The molecule has 2 aromatic rings. The maximum atomic E-state index is 12.2. The molecule has 0 saturated carbocycles. The third kappa shape index (κ3) is 2.98. The number of nitrogens with one attached hydrogen (secondary N) is 2. The summed E-state index contributed by atoms with van der Waals surface area (Å²) in [6.45, 7) is 3.98. The highest BCUT2D eigenvalue weighted by atomic mass is 16.6. The van der Waals surface area contributed by atoms with E-state index >= 15 is 0 Å². The van der Waals surface area contributed by atoms with Crippen molar-refractivity contribution >= 4 is 17.6 Å². The Labute approximate surface area is 127 Å². The van der Waals surface area contributed by atoms with Crippen LogP contribution in [0.15, 0.2) is 35.5 Å². The zero-order valence-electron chi connectivity index (χ0n) is 12.4. The molecule has 0 spiro atoms. The highest BCUT2D eigenvalue weighted by molar-refractivity contribution is 6.43. The summed E-state index contributed by atoms with van der Waals surface area (Å²) in [5.41, 5.74) is 1.33. The van der Waals surface area contributed by atoms with Crippen molar-refractivity contribution in [3.8, 4) is 0 Å². The fourth-order valence-electron chi connectivity index (χ4n) is 2.12. The summed E-state index contributed by atoms with van der Waals surface area (Å²) in [6, 6.07) is 9.69. The molecule has 1 atom stereocenters. The number of benzene rings is 1. The topological polar surface area (TPSA) is 92.3 Å². The van der Waals surface area contributed by atoms with E-state index in [1.165, 1.54) is 0 Å². The molecule has 22 heavy (non-hydrogen) atoms. The minimum Gasteiger partial charge on any atom is -0.387 e. The lowest BCUT2D eigenvalue weighted by atomic mass is 10.0. The van der Waals surface area contributed by atoms with Gasteiger partial charge in [0.1, 0.15) is 11.5 Å². The first-order valence-corrected chi connectivity index (χ1v) is 7.14. The summed E-state index contributed by atoms with van der Waals surface area (Å²) in [6.07, 6.45) is 0.206. The second kappa shape index (κ2) is 5.97. The first kappa shape index (κ1) is 14.2. The quantitative estimate of drug-likeness (QED) is 0.906. The van der Waals surface area contributed by atoms with Gasteiger partial charge in [-0.1, -0.05) is 49.3 Å². The van der Waals surface area contributed by atoms with Gasteiger partial charge in [0, 0.05) is 12.3 Å². The van der Waals surface area contributed by atoms with Crippen LogP contribution < -0.4 is 5.32 Å². The van der Waals surface area contributed by atoms with Gasteiger partial charge in [-0.2, -0.15) is 4.98 Å². The summed E-state index contributed by atoms with van der Waals surface area (Å²) in [4.78, 5) is 21.7. The lowest BCUT2D eigenvalue weighted by Gasteiger charge is -2.07. The van der Waals surface area contributed by atoms with E-state index in [9.17, 15) is 4.79 Å². The molecule has 0 fully saturated rings. The van der Waals surface area contributed by atoms with Crippen molar-refractivity contribution < 1.29 is 9.63 Å². The van der Waals surface area contributed by atoms with Crippen molar-refractivity contribution in [1.29, 1.82) is 0 Å². The number of aromatic nitrogens is 3. The van der Waals surface area contributed by atoms with Crippen LogP contribution in [0.4, 0.5) is 5.95 Å². The van der Waals surface area contributed by atoms with Crippen LogP contribution in [0.5, 0.6) is 0 Å². The van der Waals surface area contributed by atoms with Crippen LogP contribution in [0, 0.1) is 0 Å². The molecule has 7 nitrogen and oxygen atoms in total. The molecule has 0 saturated heterocycles. The Bertz CT molecular complexity index is 693. The van der Waals surface area contributed by atoms with Crippen LogP contribution in [0.2, 0.25) is 0 Å². The molecule has 2 heterocycles. The smallest absolute Gasteiger partial charge is 0.276 e. The van der Waals surface area contributed by atoms with E-state index in [4.69, 9.17) is 4.84 Å². The third-order valence-electron chi connectivity index (χ3n) is 3.38. The molecule has 1 aliphatic heterocycles. The Kier molecular flexibility index (Phi) is 3.86. The van der Waals surface area contributed by atoms with Crippen molar-refractivity contribution in [3.63, 3.8) is 0 Å². The molecule has 114 valence electrons. The molecular weight excluding hydrogens is 282 g/mol. The number of carbonyl (C=O) groups is 1. The van der Waals surface area contributed by atoms with Crippen molar-refractivity contribution in [3.05, 3.63) is 41.7 Å². The van der Waals surface area contributed by atoms with E-state index in [0.29, 0.717) is 12.1 Å². The fraction of sp³-hybridized carbons (Fsp3) is 0.333. The average molecular weight is 299 g/mol. The van der Waals surface area contributed by atoms with Gasteiger partial charge in [-0.05, 0) is 5.56 Å². The Hall–Kier alpha value is -2.70. The molecule has 1 aliphatic rings. The third-order valence-corrected chi connectivity index (χ3v) is 3.38. The number of oxime groups is 1. The molecule has 2 N–H and O–H groups in total. The van der Waals surface area contributed by atoms with Crippen molar-refractivity contribution in [2.45, 2.75) is 32.3 Å². The molecule has 1 aromatic heterocycles. The number of H-pyrrole nitrogens is 1. The SMILES string of the molecule is CC(C)c1nc(NC(=O)C2=NO[C@@H](c3ccccc3)C2)n[nH]1. The molecule has 1 aromatic carbocycles. The summed E-state index contributed by atoms with van der Waals surface area (Å²) >= 11 is 0. The first-order chi connectivity index (χ1) is 10.6. The number of carbonyl (C=O) groups excluding carboxylic acids is 1. The molecule has 0 bridgehead atoms. The highest BCUT2D eigenvalue weighted by Crippen LogP contribution is 2.27. The van der Waals surface area contributed by atoms with Crippen LogP contribution >= 0.6 is 0 Å². The van der Waals surface area contributed by atoms with Gasteiger partial charge in [0.15, 0.2) is 6.10 Å². The van der Waals surface area contributed by atoms with Crippen LogP contribution in [0.1, 0.15) is 43.7 Å². The fourth-order valence-corrected chi connectivity index (χ4v) is 2.12. The van der Waals surface area contributed by atoms with Gasteiger partial charge in [0.2, 0.25) is 5.95 Å².